The zero-order chi connectivity index (χ0) is 14.8. The molecule has 1 aliphatic rings. The van der Waals surface area contributed by atoms with E-state index in [9.17, 15) is 18.5 Å². The Labute approximate surface area is 116 Å². The third-order valence-corrected chi connectivity index (χ3v) is 4.03. The standard InChI is InChI=1S/C12H15N3O4S/c13-20(18,19)11-8-4-7-10(12(11)15(16)17)14-9-5-2-1-3-6-9/h2,4-5,7-9,14H,1,3,6H2,(H2,13,18,19). The molecule has 1 aromatic rings. The van der Waals surface area contributed by atoms with Crippen LogP contribution in [0.4, 0.5) is 11.4 Å². The van der Waals surface area contributed by atoms with E-state index < -0.39 is 25.5 Å². The van der Waals surface area contributed by atoms with Gasteiger partial charge in [-0.15, -0.1) is 0 Å². The van der Waals surface area contributed by atoms with Crippen molar-refractivity contribution in [2.45, 2.75) is 30.2 Å². The molecule has 0 aliphatic heterocycles. The van der Waals surface area contributed by atoms with Gasteiger partial charge in [0.15, 0.2) is 4.90 Å². The van der Waals surface area contributed by atoms with E-state index in [1.54, 1.807) is 0 Å². The van der Waals surface area contributed by atoms with Crippen LogP contribution in [0.2, 0.25) is 0 Å². The number of nitrogens with one attached hydrogen (secondary N) is 1. The summed E-state index contributed by atoms with van der Waals surface area (Å²) in [5.74, 6) is 0. The van der Waals surface area contributed by atoms with Gasteiger partial charge in [-0.05, 0) is 31.4 Å². The van der Waals surface area contributed by atoms with Gasteiger partial charge in [-0.3, -0.25) is 10.1 Å². The van der Waals surface area contributed by atoms with Gasteiger partial charge in [-0.1, -0.05) is 18.2 Å². The Morgan fingerprint density at radius 2 is 2.15 bits per heavy atom. The molecule has 0 saturated heterocycles. The van der Waals surface area contributed by atoms with Gasteiger partial charge in [0.1, 0.15) is 5.69 Å². The molecule has 8 heteroatoms. The lowest BCUT2D eigenvalue weighted by atomic mass is 10.0. The third kappa shape index (κ3) is 3.14. The van der Waals surface area contributed by atoms with Crippen molar-refractivity contribution in [1.29, 1.82) is 0 Å². The maximum absolute atomic E-state index is 11.4. The van der Waals surface area contributed by atoms with Gasteiger partial charge >= 0.3 is 5.69 Å². The summed E-state index contributed by atoms with van der Waals surface area (Å²) in [4.78, 5) is 9.95. The summed E-state index contributed by atoms with van der Waals surface area (Å²) >= 11 is 0. The van der Waals surface area contributed by atoms with Gasteiger partial charge in [0.05, 0.1) is 4.92 Å². The molecule has 0 bridgehead atoms. The minimum atomic E-state index is -4.14. The number of para-hydroxylation sites is 1. The van der Waals surface area contributed by atoms with Crippen LogP contribution in [0, 0.1) is 10.1 Å². The molecule has 0 fully saturated rings. The second-order valence-electron chi connectivity index (χ2n) is 4.56. The first kappa shape index (κ1) is 14.5. The monoisotopic (exact) mass is 297 g/mol. The highest BCUT2D eigenvalue weighted by molar-refractivity contribution is 7.89. The molecule has 0 radical (unpaired) electrons. The van der Waals surface area contributed by atoms with Crippen molar-refractivity contribution in [3.05, 3.63) is 40.5 Å². The average Bonchev–Trinajstić information content (AvgIpc) is 2.38. The lowest BCUT2D eigenvalue weighted by molar-refractivity contribution is -0.386. The van der Waals surface area contributed by atoms with Gasteiger partial charge < -0.3 is 5.32 Å². The van der Waals surface area contributed by atoms with Crippen LogP contribution in [0.1, 0.15) is 19.3 Å². The van der Waals surface area contributed by atoms with E-state index in [-0.39, 0.29) is 11.7 Å². The molecule has 1 atom stereocenters. The highest BCUT2D eigenvalue weighted by Crippen LogP contribution is 2.32. The first-order valence-corrected chi connectivity index (χ1v) is 7.67. The highest BCUT2D eigenvalue weighted by Gasteiger charge is 2.27. The number of anilines is 1. The summed E-state index contributed by atoms with van der Waals surface area (Å²) in [5, 5.41) is 19.2. The van der Waals surface area contributed by atoms with Crippen molar-refractivity contribution in [1.82, 2.24) is 0 Å². The van der Waals surface area contributed by atoms with Crippen molar-refractivity contribution in [2.24, 2.45) is 5.14 Å². The van der Waals surface area contributed by atoms with Gasteiger partial charge in [-0.25, -0.2) is 13.6 Å². The quantitative estimate of drug-likeness (QED) is 0.499. The van der Waals surface area contributed by atoms with Gasteiger partial charge in [-0.2, -0.15) is 0 Å². The fourth-order valence-corrected chi connectivity index (χ4v) is 2.91. The molecule has 0 heterocycles. The summed E-state index contributed by atoms with van der Waals surface area (Å²) in [7, 11) is -4.14. The summed E-state index contributed by atoms with van der Waals surface area (Å²) in [6.45, 7) is 0. The molecule has 3 N–H and O–H groups in total. The lowest BCUT2D eigenvalue weighted by Gasteiger charge is -2.19. The van der Waals surface area contributed by atoms with Crippen LogP contribution in [-0.4, -0.2) is 19.4 Å². The Morgan fingerprint density at radius 3 is 2.70 bits per heavy atom. The number of nitro benzene ring substituents is 1. The number of primary sulfonamides is 1. The fourth-order valence-electron chi connectivity index (χ4n) is 2.19. The molecular formula is C12H15N3O4S. The number of nitro groups is 1. The van der Waals surface area contributed by atoms with Gasteiger partial charge in [0, 0.05) is 6.04 Å². The van der Waals surface area contributed by atoms with Crippen molar-refractivity contribution >= 4 is 21.4 Å². The largest absolute Gasteiger partial charge is 0.373 e. The molecule has 1 aromatic carbocycles. The topological polar surface area (TPSA) is 115 Å². The predicted molar refractivity (Wildman–Crippen MR) is 74.9 cm³/mol. The van der Waals surface area contributed by atoms with E-state index in [2.05, 4.69) is 5.32 Å². The number of allylic oxidation sites excluding steroid dienone is 1. The Hall–Kier alpha value is -1.93. The van der Waals surface area contributed by atoms with E-state index in [1.165, 1.54) is 12.1 Å². The summed E-state index contributed by atoms with van der Waals surface area (Å²) in [6.07, 6.45) is 6.73. The lowest BCUT2D eigenvalue weighted by Crippen LogP contribution is -2.21. The summed E-state index contributed by atoms with van der Waals surface area (Å²) < 4.78 is 22.9. The van der Waals surface area contributed by atoms with Gasteiger partial charge in [0.25, 0.3) is 0 Å². The van der Waals surface area contributed by atoms with Crippen LogP contribution in [0.3, 0.4) is 0 Å². The predicted octanol–water partition coefficient (Wildman–Crippen LogP) is 1.76. The Kier molecular flexibility index (Phi) is 4.05. The molecule has 0 amide bonds. The van der Waals surface area contributed by atoms with Crippen LogP contribution >= 0.6 is 0 Å². The van der Waals surface area contributed by atoms with E-state index in [4.69, 9.17) is 5.14 Å². The molecule has 20 heavy (non-hydrogen) atoms. The SMILES string of the molecule is NS(=O)(=O)c1cccc(NC2C=CCCC2)c1[N+](=O)[O-]. The molecule has 0 spiro atoms. The van der Waals surface area contributed by atoms with Crippen molar-refractivity contribution in [3.63, 3.8) is 0 Å². The second kappa shape index (κ2) is 5.59. The summed E-state index contributed by atoms with van der Waals surface area (Å²) in [5.41, 5.74) is -0.341. The normalized spacial score (nSPS) is 18.8. The molecule has 7 nitrogen and oxygen atoms in total. The smallest absolute Gasteiger partial charge is 0.312 e. The molecule has 2 rings (SSSR count). The van der Waals surface area contributed by atoms with Crippen molar-refractivity contribution in [3.8, 4) is 0 Å². The average molecular weight is 297 g/mol. The van der Waals surface area contributed by atoms with E-state index in [1.807, 2.05) is 12.2 Å². The maximum Gasteiger partial charge on any atom is 0.312 e. The molecule has 1 aliphatic carbocycles. The van der Waals surface area contributed by atoms with Crippen LogP contribution < -0.4 is 10.5 Å². The van der Waals surface area contributed by atoms with Crippen LogP contribution in [0.15, 0.2) is 35.2 Å². The number of hydrogen-bond donors (Lipinski definition) is 2. The first-order valence-electron chi connectivity index (χ1n) is 6.13. The van der Waals surface area contributed by atoms with Crippen molar-refractivity contribution < 1.29 is 13.3 Å². The van der Waals surface area contributed by atoms with E-state index >= 15 is 0 Å². The summed E-state index contributed by atoms with van der Waals surface area (Å²) in [6, 6.07) is 4.00. The number of rotatable bonds is 4. The zero-order valence-corrected chi connectivity index (χ0v) is 11.5. The number of sulfonamides is 1. The number of hydrogen-bond acceptors (Lipinski definition) is 5. The minimum absolute atomic E-state index is 0.0434. The molecule has 1 unspecified atom stereocenters. The number of nitrogens with two attached hydrogens (primary N) is 1. The molecule has 0 saturated carbocycles. The van der Waals surface area contributed by atoms with Crippen molar-refractivity contribution in [2.75, 3.05) is 5.32 Å². The maximum atomic E-state index is 11.4. The van der Waals surface area contributed by atoms with E-state index in [0.29, 0.717) is 0 Å². The van der Waals surface area contributed by atoms with E-state index in [0.717, 1.165) is 25.3 Å². The number of benzene rings is 1. The van der Waals surface area contributed by atoms with Crippen LogP contribution in [0.25, 0.3) is 0 Å². The molecular weight excluding hydrogens is 282 g/mol. The first-order chi connectivity index (χ1) is 9.39. The number of nitrogens with zero attached hydrogens (tertiary/aromatic N) is 1. The van der Waals surface area contributed by atoms with Crippen LogP contribution in [0.5, 0.6) is 0 Å². The molecule has 0 aromatic heterocycles. The Morgan fingerprint density at radius 1 is 1.40 bits per heavy atom. The minimum Gasteiger partial charge on any atom is -0.373 e. The molecule has 108 valence electrons. The Balaban J connectivity index is 2.45. The fraction of sp³-hybridized carbons (Fsp3) is 0.333. The second-order valence-corrected chi connectivity index (χ2v) is 6.09. The highest BCUT2D eigenvalue weighted by atomic mass is 32.2. The zero-order valence-electron chi connectivity index (χ0n) is 10.7. The van der Waals surface area contributed by atoms with Gasteiger partial charge in [0.2, 0.25) is 10.0 Å². The van der Waals surface area contributed by atoms with Crippen LogP contribution in [-0.2, 0) is 10.0 Å². The Bertz CT molecular complexity index is 655. The third-order valence-electron chi connectivity index (χ3n) is 3.08.